The standard InChI is InChI=1S/C29H21Cl2N5O4S2/c1-15-23(35-11-4-3-8-21(35)32-15)25(37)22-24(16-6-5-7-19(12-16)40-2)36(27(39)26(22)38)28-33-34-29(42-28)41-14-17-9-10-18(30)13-20(17)31/h3-13,24,37H,14H2,1-2H3. The number of hydrogen-bond acceptors (Lipinski definition) is 9. The van der Waals surface area contributed by atoms with Crippen LogP contribution in [0.25, 0.3) is 11.4 Å². The maximum Gasteiger partial charge on any atom is 0.301 e. The molecule has 1 aliphatic rings. The molecule has 0 bridgehead atoms. The Hall–Kier alpha value is -3.90. The molecule has 2 aromatic carbocycles. The molecule has 1 N–H and O–H groups in total. The van der Waals surface area contributed by atoms with Crippen LogP contribution < -0.4 is 9.64 Å². The molecule has 5 aromatic rings. The number of carbonyl (C=O) groups excluding carboxylic acids is 2. The monoisotopic (exact) mass is 637 g/mol. The number of imidazole rings is 1. The largest absolute Gasteiger partial charge is 0.505 e. The third-order valence-electron chi connectivity index (χ3n) is 6.75. The molecule has 42 heavy (non-hydrogen) atoms. The van der Waals surface area contributed by atoms with Gasteiger partial charge in [0.15, 0.2) is 10.1 Å². The van der Waals surface area contributed by atoms with E-state index in [1.54, 1.807) is 66.1 Å². The minimum absolute atomic E-state index is 0.0839. The number of thioether (sulfide) groups is 1. The summed E-state index contributed by atoms with van der Waals surface area (Å²) in [7, 11) is 1.53. The molecule has 3 aromatic heterocycles. The van der Waals surface area contributed by atoms with Gasteiger partial charge in [-0.2, -0.15) is 0 Å². The van der Waals surface area contributed by atoms with Gasteiger partial charge < -0.3 is 9.84 Å². The van der Waals surface area contributed by atoms with E-state index in [-0.39, 0.29) is 16.5 Å². The Morgan fingerprint density at radius 3 is 2.71 bits per heavy atom. The van der Waals surface area contributed by atoms with Crippen LogP contribution in [0.4, 0.5) is 5.13 Å². The van der Waals surface area contributed by atoms with Crippen LogP contribution in [0.3, 0.4) is 0 Å². The summed E-state index contributed by atoms with van der Waals surface area (Å²) in [5.41, 5.74) is 2.76. The third-order valence-corrected chi connectivity index (χ3v) is 9.44. The molecule has 6 rings (SSSR count). The predicted molar refractivity (Wildman–Crippen MR) is 164 cm³/mol. The zero-order chi connectivity index (χ0) is 29.5. The van der Waals surface area contributed by atoms with Crippen molar-refractivity contribution in [3.63, 3.8) is 0 Å². The maximum atomic E-state index is 13.6. The molecule has 1 aliphatic heterocycles. The molecular weight excluding hydrogens is 617 g/mol. The molecule has 1 saturated heterocycles. The Balaban J connectivity index is 1.44. The fourth-order valence-corrected chi connectivity index (χ4v) is 7.25. The number of ether oxygens (including phenoxy) is 1. The van der Waals surface area contributed by atoms with Crippen molar-refractivity contribution in [3.05, 3.63) is 105 Å². The van der Waals surface area contributed by atoms with E-state index in [0.29, 0.717) is 48.5 Å². The molecule has 13 heteroatoms. The Kier molecular flexibility index (Phi) is 7.67. The van der Waals surface area contributed by atoms with Crippen molar-refractivity contribution in [3.8, 4) is 5.75 Å². The topological polar surface area (TPSA) is 110 Å². The highest BCUT2D eigenvalue weighted by molar-refractivity contribution is 8.00. The molecule has 1 unspecified atom stereocenters. The second-order valence-corrected chi connectivity index (χ2v) is 12.3. The SMILES string of the molecule is COc1cccc(C2C(=C(O)c3c(C)nc4ccccn34)C(=O)C(=O)N2c2nnc(SCc3ccc(Cl)cc3Cl)s2)c1. The number of aliphatic hydroxyl groups excluding tert-OH is 1. The van der Waals surface area contributed by atoms with Crippen LogP contribution in [0.1, 0.15) is 28.6 Å². The summed E-state index contributed by atoms with van der Waals surface area (Å²) in [4.78, 5) is 33.1. The lowest BCUT2D eigenvalue weighted by Crippen LogP contribution is -2.29. The second kappa shape index (κ2) is 11.4. The molecule has 9 nitrogen and oxygen atoms in total. The molecular formula is C29H21Cl2N5O4S2. The van der Waals surface area contributed by atoms with Crippen LogP contribution >= 0.6 is 46.3 Å². The van der Waals surface area contributed by atoms with Gasteiger partial charge in [0, 0.05) is 22.0 Å². The van der Waals surface area contributed by atoms with Crippen molar-refractivity contribution in [1.29, 1.82) is 0 Å². The average Bonchev–Trinajstić information content (AvgIpc) is 3.66. The lowest BCUT2D eigenvalue weighted by Gasteiger charge is -2.22. The van der Waals surface area contributed by atoms with Crippen molar-refractivity contribution in [2.45, 2.75) is 23.1 Å². The highest BCUT2D eigenvalue weighted by atomic mass is 35.5. The molecule has 1 fully saturated rings. The first kappa shape index (κ1) is 28.2. The highest BCUT2D eigenvalue weighted by Crippen LogP contribution is 2.45. The fraction of sp³-hybridized carbons (Fsp3) is 0.138. The van der Waals surface area contributed by atoms with E-state index in [2.05, 4.69) is 15.2 Å². The van der Waals surface area contributed by atoms with Crippen LogP contribution in [0.5, 0.6) is 5.75 Å². The average molecular weight is 639 g/mol. The number of aryl methyl sites for hydroxylation is 1. The number of aromatic nitrogens is 4. The van der Waals surface area contributed by atoms with Gasteiger partial charge in [0.2, 0.25) is 5.13 Å². The van der Waals surface area contributed by atoms with Gasteiger partial charge in [-0.25, -0.2) is 4.98 Å². The highest BCUT2D eigenvalue weighted by Gasteiger charge is 2.49. The maximum absolute atomic E-state index is 13.6. The van der Waals surface area contributed by atoms with Crippen molar-refractivity contribution in [2.24, 2.45) is 0 Å². The van der Waals surface area contributed by atoms with E-state index >= 15 is 0 Å². The zero-order valence-electron chi connectivity index (χ0n) is 22.1. The molecule has 1 atom stereocenters. The lowest BCUT2D eigenvalue weighted by atomic mass is 9.96. The lowest BCUT2D eigenvalue weighted by molar-refractivity contribution is -0.132. The van der Waals surface area contributed by atoms with Crippen LogP contribution in [-0.2, 0) is 15.3 Å². The minimum atomic E-state index is -0.995. The first-order valence-corrected chi connectivity index (χ1v) is 15.1. The first-order valence-electron chi connectivity index (χ1n) is 12.6. The summed E-state index contributed by atoms with van der Waals surface area (Å²) in [6.07, 6.45) is 1.74. The summed E-state index contributed by atoms with van der Waals surface area (Å²) < 4.78 is 7.67. The van der Waals surface area contributed by atoms with Crippen LogP contribution in [-0.4, -0.2) is 43.5 Å². The summed E-state index contributed by atoms with van der Waals surface area (Å²) in [6.45, 7) is 1.74. The predicted octanol–water partition coefficient (Wildman–Crippen LogP) is 6.73. The number of rotatable bonds is 7. The molecule has 0 spiro atoms. The van der Waals surface area contributed by atoms with Crippen molar-refractivity contribution in [1.82, 2.24) is 19.6 Å². The van der Waals surface area contributed by atoms with Gasteiger partial charge >= 0.3 is 5.91 Å². The number of aliphatic hydroxyl groups is 1. The number of anilines is 1. The number of nitrogens with zero attached hydrogens (tertiary/aromatic N) is 5. The van der Waals surface area contributed by atoms with Gasteiger partial charge in [0.25, 0.3) is 5.78 Å². The van der Waals surface area contributed by atoms with Crippen LogP contribution in [0.2, 0.25) is 10.0 Å². The van der Waals surface area contributed by atoms with E-state index in [0.717, 1.165) is 16.9 Å². The summed E-state index contributed by atoms with van der Waals surface area (Å²) in [5.74, 6) is -0.989. The molecule has 4 heterocycles. The Bertz CT molecular complexity index is 1900. The molecule has 212 valence electrons. The number of ketones is 1. The van der Waals surface area contributed by atoms with E-state index in [1.165, 1.54) is 23.8 Å². The number of methoxy groups -OCH3 is 1. The fourth-order valence-electron chi connectivity index (χ4n) is 4.82. The smallest absolute Gasteiger partial charge is 0.301 e. The number of fused-ring (bicyclic) bond motifs is 1. The summed E-state index contributed by atoms with van der Waals surface area (Å²) in [5, 5.41) is 21.5. The van der Waals surface area contributed by atoms with E-state index in [4.69, 9.17) is 27.9 Å². The van der Waals surface area contributed by atoms with Crippen LogP contribution in [0, 0.1) is 6.92 Å². The third kappa shape index (κ3) is 5.02. The van der Waals surface area contributed by atoms with Crippen molar-refractivity contribution >= 4 is 74.5 Å². The van der Waals surface area contributed by atoms with Gasteiger partial charge in [-0.15, -0.1) is 10.2 Å². The zero-order valence-corrected chi connectivity index (χ0v) is 25.3. The quantitative estimate of drug-likeness (QED) is 0.0688. The summed E-state index contributed by atoms with van der Waals surface area (Å²) >= 11 is 14.9. The molecule has 1 amide bonds. The van der Waals surface area contributed by atoms with Crippen LogP contribution in [0.15, 0.2) is 76.8 Å². The number of halogens is 2. The number of carbonyl (C=O) groups is 2. The van der Waals surface area contributed by atoms with Crippen molar-refractivity contribution in [2.75, 3.05) is 12.0 Å². The van der Waals surface area contributed by atoms with E-state index in [1.807, 2.05) is 12.1 Å². The number of benzene rings is 2. The molecule has 0 aliphatic carbocycles. The number of amides is 1. The van der Waals surface area contributed by atoms with Gasteiger partial charge in [0.1, 0.15) is 17.1 Å². The van der Waals surface area contributed by atoms with Gasteiger partial charge in [0.05, 0.1) is 24.4 Å². The second-order valence-electron chi connectivity index (χ2n) is 9.30. The Morgan fingerprint density at radius 2 is 1.93 bits per heavy atom. The van der Waals surface area contributed by atoms with E-state index < -0.39 is 17.7 Å². The van der Waals surface area contributed by atoms with E-state index in [9.17, 15) is 14.7 Å². The minimum Gasteiger partial charge on any atom is -0.505 e. The van der Waals surface area contributed by atoms with Gasteiger partial charge in [-0.05, 0) is 54.4 Å². The number of pyridine rings is 1. The summed E-state index contributed by atoms with van der Waals surface area (Å²) in [6, 6.07) is 16.7. The molecule has 0 radical (unpaired) electrons. The number of hydrogen-bond donors (Lipinski definition) is 1. The molecule has 0 saturated carbocycles. The van der Waals surface area contributed by atoms with Gasteiger partial charge in [-0.3, -0.25) is 18.9 Å². The first-order chi connectivity index (χ1) is 20.3. The van der Waals surface area contributed by atoms with Crippen molar-refractivity contribution < 1.29 is 19.4 Å². The Labute approximate surface area is 258 Å². The number of Topliss-reactive ketones (excluding diaryl/α,β-unsaturated/α-hetero) is 1. The van der Waals surface area contributed by atoms with Gasteiger partial charge in [-0.1, -0.05) is 70.6 Å². The normalized spacial score (nSPS) is 16.5. The Morgan fingerprint density at radius 1 is 1.10 bits per heavy atom.